The first kappa shape index (κ1) is 19.2. The monoisotopic (exact) mass is 425 g/mol. The van der Waals surface area contributed by atoms with Gasteiger partial charge in [-0.05, 0) is 66.7 Å². The predicted octanol–water partition coefficient (Wildman–Crippen LogP) is 5.02. The minimum absolute atomic E-state index is 0.183. The molecular formula is C22H13Cl2NO4. The number of ketones is 2. The molecular weight excluding hydrogens is 413 g/mol. The van der Waals surface area contributed by atoms with Crippen LogP contribution in [0.25, 0.3) is 11.1 Å². The van der Waals surface area contributed by atoms with Crippen molar-refractivity contribution in [2.45, 2.75) is 6.54 Å². The molecule has 3 aromatic carbocycles. The quantitative estimate of drug-likeness (QED) is 0.421. The lowest BCUT2D eigenvalue weighted by Gasteiger charge is -2.04. The fourth-order valence-corrected chi connectivity index (χ4v) is 3.25. The second kappa shape index (κ2) is 7.70. The number of hydrogen-bond acceptors (Lipinski definition) is 4. The van der Waals surface area contributed by atoms with Gasteiger partial charge in [-0.2, -0.15) is 0 Å². The first-order valence-corrected chi connectivity index (χ1v) is 9.40. The molecule has 0 amide bonds. The summed E-state index contributed by atoms with van der Waals surface area (Å²) in [5, 5.41) is 1.05. The average molecular weight is 426 g/mol. The van der Waals surface area contributed by atoms with E-state index in [0.29, 0.717) is 32.3 Å². The summed E-state index contributed by atoms with van der Waals surface area (Å²) in [4.78, 5) is 37.4. The molecule has 0 spiro atoms. The van der Waals surface area contributed by atoms with Crippen molar-refractivity contribution in [3.05, 3.63) is 104 Å². The van der Waals surface area contributed by atoms with Gasteiger partial charge < -0.3 is 4.42 Å². The van der Waals surface area contributed by atoms with Gasteiger partial charge in [0.15, 0.2) is 17.1 Å². The Bertz CT molecular complexity index is 1290. The van der Waals surface area contributed by atoms with Gasteiger partial charge in [-0.3, -0.25) is 14.2 Å². The third-order valence-corrected chi connectivity index (χ3v) is 5.01. The van der Waals surface area contributed by atoms with Crippen molar-refractivity contribution in [3.8, 4) is 0 Å². The second-order valence-corrected chi connectivity index (χ2v) is 7.28. The highest BCUT2D eigenvalue weighted by Gasteiger charge is 2.17. The molecule has 0 aliphatic rings. The number of fused-ring (bicyclic) bond motifs is 1. The van der Waals surface area contributed by atoms with Crippen LogP contribution < -0.4 is 5.76 Å². The van der Waals surface area contributed by atoms with Crippen LogP contribution in [0.4, 0.5) is 0 Å². The topological polar surface area (TPSA) is 69.3 Å². The first-order valence-electron chi connectivity index (χ1n) is 8.65. The van der Waals surface area contributed by atoms with E-state index in [1.807, 2.05) is 0 Å². The number of aromatic nitrogens is 1. The number of Topliss-reactive ketones (excluding diaryl/α,β-unsaturated/α-hetero) is 1. The number of rotatable bonds is 5. The molecule has 144 valence electrons. The lowest BCUT2D eigenvalue weighted by Crippen LogP contribution is -2.20. The Morgan fingerprint density at radius 3 is 1.97 bits per heavy atom. The highest BCUT2D eigenvalue weighted by molar-refractivity contribution is 6.31. The largest absolute Gasteiger partial charge is 0.420 e. The zero-order valence-corrected chi connectivity index (χ0v) is 16.4. The van der Waals surface area contributed by atoms with Crippen molar-refractivity contribution in [3.63, 3.8) is 0 Å². The van der Waals surface area contributed by atoms with E-state index in [1.165, 1.54) is 10.6 Å². The van der Waals surface area contributed by atoms with Gasteiger partial charge >= 0.3 is 5.76 Å². The Kier molecular flexibility index (Phi) is 5.09. The smallest absolute Gasteiger partial charge is 0.408 e. The summed E-state index contributed by atoms with van der Waals surface area (Å²) in [6.45, 7) is -0.183. The van der Waals surface area contributed by atoms with E-state index < -0.39 is 5.76 Å². The Morgan fingerprint density at radius 2 is 1.34 bits per heavy atom. The highest BCUT2D eigenvalue weighted by Crippen LogP contribution is 2.20. The van der Waals surface area contributed by atoms with Gasteiger partial charge in [-0.15, -0.1) is 0 Å². The molecule has 4 aromatic rings. The normalized spacial score (nSPS) is 11.0. The first-order chi connectivity index (χ1) is 13.9. The van der Waals surface area contributed by atoms with Crippen LogP contribution in [0.1, 0.15) is 26.3 Å². The van der Waals surface area contributed by atoms with Crippen LogP contribution in [-0.2, 0) is 6.54 Å². The molecule has 0 N–H and O–H groups in total. The third kappa shape index (κ3) is 3.88. The molecule has 1 aromatic heterocycles. The number of hydrogen-bond donors (Lipinski definition) is 0. The SMILES string of the molecule is O=C(Cn1c(=O)oc2cc(C(=O)c3ccc(Cl)cc3)ccc21)c1ccc(Cl)cc1. The Labute approximate surface area is 175 Å². The van der Waals surface area contributed by atoms with E-state index in [4.69, 9.17) is 27.6 Å². The van der Waals surface area contributed by atoms with Gasteiger partial charge in [-0.25, -0.2) is 4.79 Å². The molecule has 5 nitrogen and oxygen atoms in total. The van der Waals surface area contributed by atoms with Crippen molar-refractivity contribution in [1.29, 1.82) is 0 Å². The minimum Gasteiger partial charge on any atom is -0.408 e. The van der Waals surface area contributed by atoms with Crippen molar-refractivity contribution < 1.29 is 14.0 Å². The van der Waals surface area contributed by atoms with Crippen molar-refractivity contribution in [2.75, 3.05) is 0 Å². The lowest BCUT2D eigenvalue weighted by molar-refractivity contribution is 0.0969. The van der Waals surface area contributed by atoms with E-state index in [9.17, 15) is 14.4 Å². The van der Waals surface area contributed by atoms with E-state index in [-0.39, 0.29) is 23.7 Å². The molecule has 0 saturated carbocycles. The number of benzene rings is 3. The maximum Gasteiger partial charge on any atom is 0.420 e. The minimum atomic E-state index is -0.668. The maximum absolute atomic E-state index is 12.6. The predicted molar refractivity (Wildman–Crippen MR) is 111 cm³/mol. The van der Waals surface area contributed by atoms with Gasteiger partial charge in [0.05, 0.1) is 12.1 Å². The number of carbonyl (C=O) groups is 2. The summed E-state index contributed by atoms with van der Waals surface area (Å²) in [6.07, 6.45) is 0. The van der Waals surface area contributed by atoms with Gasteiger partial charge in [-0.1, -0.05) is 23.2 Å². The van der Waals surface area contributed by atoms with Gasteiger partial charge in [0.2, 0.25) is 0 Å². The van der Waals surface area contributed by atoms with Crippen LogP contribution >= 0.6 is 23.2 Å². The molecule has 0 unspecified atom stereocenters. The van der Waals surface area contributed by atoms with Crippen LogP contribution in [0.3, 0.4) is 0 Å². The van der Waals surface area contributed by atoms with Crippen LogP contribution in [0.15, 0.2) is 75.9 Å². The molecule has 0 saturated heterocycles. The molecule has 0 radical (unpaired) electrons. The van der Waals surface area contributed by atoms with Crippen molar-refractivity contribution in [2.24, 2.45) is 0 Å². The summed E-state index contributed by atoms with van der Waals surface area (Å²) >= 11 is 11.7. The molecule has 4 rings (SSSR count). The van der Waals surface area contributed by atoms with E-state index in [2.05, 4.69) is 0 Å². The second-order valence-electron chi connectivity index (χ2n) is 6.40. The molecule has 7 heteroatoms. The van der Waals surface area contributed by atoms with E-state index in [1.54, 1.807) is 60.7 Å². The number of oxazole rings is 1. The molecule has 0 aliphatic carbocycles. The summed E-state index contributed by atoms with van der Waals surface area (Å²) in [6, 6.07) is 17.6. The summed E-state index contributed by atoms with van der Waals surface area (Å²) in [5.74, 6) is -1.15. The fraction of sp³-hybridized carbons (Fsp3) is 0.0455. The standard InChI is InChI=1S/C22H13Cl2NO4/c23-16-6-1-13(2-7-16)19(26)12-25-18-10-5-15(11-20(18)29-22(25)28)21(27)14-3-8-17(24)9-4-14/h1-11H,12H2. The third-order valence-electron chi connectivity index (χ3n) is 4.50. The van der Waals surface area contributed by atoms with E-state index >= 15 is 0 Å². The zero-order chi connectivity index (χ0) is 20.5. The molecule has 0 bridgehead atoms. The average Bonchev–Trinajstić information content (AvgIpc) is 3.03. The van der Waals surface area contributed by atoms with Crippen LogP contribution in [0.2, 0.25) is 10.0 Å². The zero-order valence-electron chi connectivity index (χ0n) is 14.9. The van der Waals surface area contributed by atoms with Crippen molar-refractivity contribution in [1.82, 2.24) is 4.57 Å². The van der Waals surface area contributed by atoms with Crippen LogP contribution in [-0.4, -0.2) is 16.1 Å². The van der Waals surface area contributed by atoms with Crippen molar-refractivity contribution >= 4 is 45.9 Å². The lowest BCUT2D eigenvalue weighted by atomic mass is 10.0. The summed E-state index contributed by atoms with van der Waals surface area (Å²) in [7, 11) is 0. The maximum atomic E-state index is 12.6. The highest BCUT2D eigenvalue weighted by atomic mass is 35.5. The molecule has 1 heterocycles. The summed E-state index contributed by atoms with van der Waals surface area (Å²) in [5.41, 5.74) is 1.94. The van der Waals surface area contributed by atoms with Gasteiger partial charge in [0.25, 0.3) is 0 Å². The summed E-state index contributed by atoms with van der Waals surface area (Å²) < 4.78 is 6.50. The van der Waals surface area contributed by atoms with Gasteiger partial charge in [0, 0.05) is 26.7 Å². The van der Waals surface area contributed by atoms with Crippen LogP contribution in [0.5, 0.6) is 0 Å². The molecule has 29 heavy (non-hydrogen) atoms. The number of carbonyl (C=O) groups excluding carboxylic acids is 2. The Morgan fingerprint density at radius 1 is 0.793 bits per heavy atom. The molecule has 0 atom stereocenters. The van der Waals surface area contributed by atoms with Crippen LogP contribution in [0, 0.1) is 0 Å². The Hall–Kier alpha value is -3.15. The number of halogens is 2. The molecule has 0 fully saturated rings. The fourth-order valence-electron chi connectivity index (χ4n) is 3.00. The Balaban J connectivity index is 1.65. The molecule has 0 aliphatic heterocycles. The number of nitrogens with zero attached hydrogens (tertiary/aromatic N) is 1. The van der Waals surface area contributed by atoms with E-state index in [0.717, 1.165) is 0 Å². The van der Waals surface area contributed by atoms with Gasteiger partial charge in [0.1, 0.15) is 0 Å².